The van der Waals surface area contributed by atoms with Crippen LogP contribution in [-0.4, -0.2) is 19.1 Å². The summed E-state index contributed by atoms with van der Waals surface area (Å²) in [7, 11) is 0. The Balaban J connectivity index is 1.11. The SMILES string of the molecule is c1ccc(-c2ccc(-c3ccnc(-n4c5ccccc5c5ccc(-c6ccc7c(c6)c6ccccc6n7-c6ccccc6)cc54)n3)cc2)cc1. The third kappa shape index (κ3) is 4.54. The molecule has 10 aromatic rings. The molecule has 0 N–H and O–H groups in total. The van der Waals surface area contributed by atoms with E-state index in [1.165, 1.54) is 49.3 Å². The van der Waals surface area contributed by atoms with Gasteiger partial charge in [0, 0.05) is 39.0 Å². The topological polar surface area (TPSA) is 35.6 Å². The molecule has 10 rings (SSSR count). The molecule has 0 aliphatic rings. The van der Waals surface area contributed by atoms with Gasteiger partial charge in [-0.3, -0.25) is 4.57 Å². The Morgan fingerprint density at radius 2 is 0.880 bits per heavy atom. The molecule has 0 saturated carbocycles. The summed E-state index contributed by atoms with van der Waals surface area (Å²) in [5.74, 6) is 0.652. The summed E-state index contributed by atoms with van der Waals surface area (Å²) in [5, 5.41) is 4.83. The van der Waals surface area contributed by atoms with E-state index in [1.54, 1.807) is 0 Å². The van der Waals surface area contributed by atoms with Crippen LogP contribution < -0.4 is 0 Å². The lowest BCUT2D eigenvalue weighted by molar-refractivity contribution is 0.992. The van der Waals surface area contributed by atoms with Gasteiger partial charge in [0.1, 0.15) is 0 Å². The van der Waals surface area contributed by atoms with Crippen molar-refractivity contribution < 1.29 is 0 Å². The fourth-order valence-corrected chi connectivity index (χ4v) is 7.45. The molecule has 0 amide bonds. The van der Waals surface area contributed by atoms with Gasteiger partial charge in [-0.2, -0.15) is 0 Å². The smallest absolute Gasteiger partial charge is 0.235 e. The second-order valence-corrected chi connectivity index (χ2v) is 12.7. The standard InChI is InChI=1S/C46H30N4/c1-3-11-31(12-4-1)32-19-21-33(22-20-32)41-27-28-47-46(48-41)50-43-18-10-7-15-37(43)39-25-23-35(30-45(39)50)34-24-26-44-40(29-34)38-16-8-9-17-42(38)49(44)36-13-5-2-6-14-36/h1-30H. The number of rotatable bonds is 5. The fourth-order valence-electron chi connectivity index (χ4n) is 7.45. The lowest BCUT2D eigenvalue weighted by Crippen LogP contribution is -2.01. The third-order valence-electron chi connectivity index (χ3n) is 9.82. The van der Waals surface area contributed by atoms with Crippen molar-refractivity contribution in [3.8, 4) is 45.1 Å². The van der Waals surface area contributed by atoms with E-state index in [9.17, 15) is 0 Å². The molecule has 50 heavy (non-hydrogen) atoms. The molecule has 0 bridgehead atoms. The van der Waals surface area contributed by atoms with E-state index in [1.807, 2.05) is 18.3 Å². The predicted molar refractivity (Wildman–Crippen MR) is 207 cm³/mol. The molecule has 3 heterocycles. The minimum Gasteiger partial charge on any atom is -0.309 e. The molecule has 3 aromatic heterocycles. The van der Waals surface area contributed by atoms with Crippen molar-refractivity contribution in [1.82, 2.24) is 19.1 Å². The highest BCUT2D eigenvalue weighted by molar-refractivity contribution is 6.12. The van der Waals surface area contributed by atoms with Crippen molar-refractivity contribution in [1.29, 1.82) is 0 Å². The van der Waals surface area contributed by atoms with E-state index in [4.69, 9.17) is 9.97 Å². The Bertz CT molecular complexity index is 2850. The highest BCUT2D eigenvalue weighted by Gasteiger charge is 2.17. The van der Waals surface area contributed by atoms with Gasteiger partial charge in [-0.1, -0.05) is 127 Å². The molecule has 0 unspecified atom stereocenters. The van der Waals surface area contributed by atoms with Gasteiger partial charge in [-0.15, -0.1) is 0 Å². The van der Waals surface area contributed by atoms with Crippen molar-refractivity contribution in [2.24, 2.45) is 0 Å². The molecule has 7 aromatic carbocycles. The largest absolute Gasteiger partial charge is 0.309 e. The van der Waals surface area contributed by atoms with Crippen LogP contribution in [0.4, 0.5) is 0 Å². The Labute approximate surface area is 289 Å². The zero-order chi connectivity index (χ0) is 33.0. The predicted octanol–water partition coefficient (Wildman–Crippen LogP) is 11.7. The Morgan fingerprint density at radius 3 is 1.66 bits per heavy atom. The van der Waals surface area contributed by atoms with Crippen LogP contribution in [0.5, 0.6) is 0 Å². The van der Waals surface area contributed by atoms with Crippen molar-refractivity contribution in [2.75, 3.05) is 0 Å². The summed E-state index contributed by atoms with van der Waals surface area (Å²) in [6.45, 7) is 0. The van der Waals surface area contributed by atoms with E-state index in [0.717, 1.165) is 33.5 Å². The second-order valence-electron chi connectivity index (χ2n) is 12.7. The summed E-state index contributed by atoms with van der Waals surface area (Å²) in [4.78, 5) is 9.98. The zero-order valence-electron chi connectivity index (χ0n) is 27.1. The first kappa shape index (κ1) is 28.3. The summed E-state index contributed by atoms with van der Waals surface area (Å²) in [6.07, 6.45) is 1.86. The van der Waals surface area contributed by atoms with E-state index < -0.39 is 0 Å². The lowest BCUT2D eigenvalue weighted by Gasteiger charge is -2.10. The molecule has 4 heteroatoms. The first-order valence-electron chi connectivity index (χ1n) is 16.9. The molecule has 0 fully saturated rings. The van der Waals surface area contributed by atoms with E-state index >= 15 is 0 Å². The average molecular weight is 639 g/mol. The van der Waals surface area contributed by atoms with Gasteiger partial charge in [-0.25, -0.2) is 9.97 Å². The molecule has 0 aliphatic carbocycles. The second kappa shape index (κ2) is 11.4. The molecule has 0 radical (unpaired) electrons. The van der Waals surface area contributed by atoms with Gasteiger partial charge in [0.05, 0.1) is 27.8 Å². The van der Waals surface area contributed by atoms with Gasteiger partial charge >= 0.3 is 0 Å². The summed E-state index contributed by atoms with van der Waals surface area (Å²) in [5.41, 5.74) is 12.3. The highest BCUT2D eigenvalue weighted by atomic mass is 15.2. The van der Waals surface area contributed by atoms with E-state index in [-0.39, 0.29) is 0 Å². The number of nitrogens with zero attached hydrogens (tertiary/aromatic N) is 4. The van der Waals surface area contributed by atoms with Crippen molar-refractivity contribution >= 4 is 43.6 Å². The Kier molecular flexibility index (Phi) is 6.46. The van der Waals surface area contributed by atoms with Crippen LogP contribution >= 0.6 is 0 Å². The first-order chi connectivity index (χ1) is 24.8. The Morgan fingerprint density at radius 1 is 0.340 bits per heavy atom. The van der Waals surface area contributed by atoms with Crippen molar-refractivity contribution in [3.05, 3.63) is 182 Å². The van der Waals surface area contributed by atoms with Gasteiger partial charge in [0.25, 0.3) is 0 Å². The van der Waals surface area contributed by atoms with Crippen LogP contribution in [0.15, 0.2) is 182 Å². The van der Waals surface area contributed by atoms with Crippen LogP contribution in [0.3, 0.4) is 0 Å². The molecular formula is C46H30N4. The molecule has 0 aliphatic heterocycles. The van der Waals surface area contributed by atoms with Crippen LogP contribution in [0, 0.1) is 0 Å². The van der Waals surface area contributed by atoms with Gasteiger partial charge in [0.2, 0.25) is 5.95 Å². The summed E-state index contributed by atoms with van der Waals surface area (Å²) < 4.78 is 4.56. The maximum absolute atomic E-state index is 5.15. The summed E-state index contributed by atoms with van der Waals surface area (Å²) in [6, 6.07) is 62.4. The average Bonchev–Trinajstić information content (AvgIpc) is 3.71. The zero-order valence-corrected chi connectivity index (χ0v) is 27.1. The lowest BCUT2D eigenvalue weighted by atomic mass is 10.0. The normalized spacial score (nSPS) is 11.6. The molecule has 0 saturated heterocycles. The van der Waals surface area contributed by atoms with Crippen LogP contribution in [0.25, 0.3) is 88.8 Å². The van der Waals surface area contributed by atoms with Crippen LogP contribution in [0.1, 0.15) is 0 Å². The minimum atomic E-state index is 0.652. The Hall–Kier alpha value is -6.78. The first-order valence-corrected chi connectivity index (χ1v) is 16.9. The number of para-hydroxylation sites is 3. The quantitative estimate of drug-likeness (QED) is 0.188. The van der Waals surface area contributed by atoms with E-state index in [0.29, 0.717) is 5.95 Å². The number of aromatic nitrogens is 4. The third-order valence-corrected chi connectivity index (χ3v) is 9.82. The number of hydrogen-bond donors (Lipinski definition) is 0. The maximum atomic E-state index is 5.15. The van der Waals surface area contributed by atoms with Crippen molar-refractivity contribution in [3.63, 3.8) is 0 Å². The molecule has 0 spiro atoms. The van der Waals surface area contributed by atoms with Gasteiger partial charge in [-0.05, 0) is 70.8 Å². The maximum Gasteiger partial charge on any atom is 0.235 e. The minimum absolute atomic E-state index is 0.652. The van der Waals surface area contributed by atoms with E-state index in [2.05, 4.69) is 173 Å². The molecule has 234 valence electrons. The number of benzene rings is 7. The van der Waals surface area contributed by atoms with Crippen LogP contribution in [-0.2, 0) is 0 Å². The summed E-state index contributed by atoms with van der Waals surface area (Å²) >= 11 is 0. The molecule has 0 atom stereocenters. The monoisotopic (exact) mass is 638 g/mol. The van der Waals surface area contributed by atoms with Crippen molar-refractivity contribution in [2.45, 2.75) is 0 Å². The fraction of sp³-hybridized carbons (Fsp3) is 0. The van der Waals surface area contributed by atoms with Crippen LogP contribution in [0.2, 0.25) is 0 Å². The number of hydrogen-bond acceptors (Lipinski definition) is 2. The molecular weight excluding hydrogens is 609 g/mol. The highest BCUT2D eigenvalue weighted by Crippen LogP contribution is 2.38. The van der Waals surface area contributed by atoms with Gasteiger partial charge in [0.15, 0.2) is 0 Å². The molecule has 4 nitrogen and oxygen atoms in total. The number of fused-ring (bicyclic) bond motifs is 6. The van der Waals surface area contributed by atoms with Gasteiger partial charge < -0.3 is 4.57 Å².